The van der Waals surface area contributed by atoms with Gasteiger partial charge in [0.2, 0.25) is 5.91 Å². The third-order valence-electron chi connectivity index (χ3n) is 3.44. The summed E-state index contributed by atoms with van der Waals surface area (Å²) in [5, 5.41) is 6.76. The molecule has 1 aliphatic rings. The molecule has 1 atom stereocenters. The lowest BCUT2D eigenvalue weighted by Gasteiger charge is -2.05. The van der Waals surface area contributed by atoms with Gasteiger partial charge in [-0.3, -0.25) is 9.48 Å². The van der Waals surface area contributed by atoms with Crippen LogP contribution in [-0.2, 0) is 11.8 Å². The molecule has 1 amide bonds. The number of nitrogens with two attached hydrogens (primary N) is 1. The van der Waals surface area contributed by atoms with E-state index in [-0.39, 0.29) is 17.5 Å². The Bertz CT molecular complexity index is 673. The van der Waals surface area contributed by atoms with Gasteiger partial charge in [-0.15, -0.1) is 0 Å². The van der Waals surface area contributed by atoms with E-state index in [0.717, 1.165) is 0 Å². The Balaban J connectivity index is 2.15. The lowest BCUT2D eigenvalue weighted by atomic mass is 9.99. The van der Waals surface area contributed by atoms with Gasteiger partial charge < -0.3 is 11.1 Å². The first-order valence-electron chi connectivity index (χ1n) is 5.91. The Morgan fingerprint density at radius 3 is 2.79 bits per heavy atom. The van der Waals surface area contributed by atoms with Crippen LogP contribution in [0.15, 0.2) is 18.2 Å². The van der Waals surface area contributed by atoms with Crippen LogP contribution in [0.5, 0.6) is 0 Å². The van der Waals surface area contributed by atoms with Crippen molar-refractivity contribution < 1.29 is 9.18 Å². The van der Waals surface area contributed by atoms with Crippen LogP contribution >= 0.6 is 0 Å². The molecule has 2 heterocycles. The number of nitrogens with one attached hydrogen (secondary N) is 1. The quantitative estimate of drug-likeness (QED) is 0.822. The number of aromatic nitrogens is 2. The molecule has 0 radical (unpaired) electrons. The zero-order valence-electron chi connectivity index (χ0n) is 10.6. The number of aryl methyl sites for hydroxylation is 1. The van der Waals surface area contributed by atoms with Gasteiger partial charge >= 0.3 is 0 Å². The highest BCUT2D eigenvalue weighted by atomic mass is 19.1. The summed E-state index contributed by atoms with van der Waals surface area (Å²) in [5.74, 6) is -0.496. The largest absolute Gasteiger partial charge is 0.384 e. The molecule has 3 N–H and O–H groups in total. The lowest BCUT2D eigenvalue weighted by Crippen LogP contribution is -2.08. The van der Waals surface area contributed by atoms with Gasteiger partial charge in [0.15, 0.2) is 0 Å². The number of anilines is 2. The molecule has 0 saturated heterocycles. The third-order valence-corrected chi connectivity index (χ3v) is 3.44. The molecule has 0 spiro atoms. The van der Waals surface area contributed by atoms with E-state index < -0.39 is 5.82 Å². The van der Waals surface area contributed by atoms with Crippen molar-refractivity contribution in [3.05, 3.63) is 29.6 Å². The molecule has 19 heavy (non-hydrogen) atoms. The average molecular weight is 260 g/mol. The normalized spacial score (nSPS) is 17.4. The molecule has 0 aliphatic carbocycles. The summed E-state index contributed by atoms with van der Waals surface area (Å²) < 4.78 is 15.5. The first-order chi connectivity index (χ1) is 8.97. The maximum absolute atomic E-state index is 14.0. The van der Waals surface area contributed by atoms with Crippen molar-refractivity contribution in [2.24, 2.45) is 7.05 Å². The fourth-order valence-corrected chi connectivity index (χ4v) is 2.24. The topological polar surface area (TPSA) is 72.9 Å². The fourth-order valence-electron chi connectivity index (χ4n) is 2.24. The number of carbonyl (C=O) groups is 1. The third kappa shape index (κ3) is 1.68. The summed E-state index contributed by atoms with van der Waals surface area (Å²) in [6.07, 6.45) is 0. The van der Waals surface area contributed by atoms with Gasteiger partial charge in [-0.25, -0.2) is 4.39 Å². The average Bonchev–Trinajstić information content (AvgIpc) is 2.84. The Hall–Kier alpha value is -2.37. The molecule has 1 aliphatic heterocycles. The monoisotopic (exact) mass is 260 g/mol. The lowest BCUT2D eigenvalue weighted by molar-refractivity contribution is -0.116. The van der Waals surface area contributed by atoms with E-state index in [0.29, 0.717) is 22.6 Å². The highest BCUT2D eigenvalue weighted by Gasteiger charge is 2.29. The van der Waals surface area contributed by atoms with Gasteiger partial charge in [0.05, 0.1) is 17.3 Å². The van der Waals surface area contributed by atoms with E-state index in [2.05, 4.69) is 10.4 Å². The smallest absolute Gasteiger partial charge is 0.231 e. The van der Waals surface area contributed by atoms with Crippen LogP contribution in [0.25, 0.3) is 11.3 Å². The second-order valence-electron chi connectivity index (χ2n) is 4.71. The number of nitrogens with zero attached hydrogens (tertiary/aromatic N) is 2. The number of rotatable bonds is 1. The molecule has 0 saturated carbocycles. The molecule has 1 aromatic carbocycles. The number of halogens is 1. The molecule has 6 heteroatoms. The van der Waals surface area contributed by atoms with Crippen molar-refractivity contribution in [1.82, 2.24) is 9.78 Å². The summed E-state index contributed by atoms with van der Waals surface area (Å²) in [6, 6.07) is 4.82. The molecular weight excluding hydrogens is 247 g/mol. The fraction of sp³-hybridized carbons (Fsp3) is 0.231. The second-order valence-corrected chi connectivity index (χ2v) is 4.71. The number of benzene rings is 1. The number of hydrogen-bond donors (Lipinski definition) is 2. The van der Waals surface area contributed by atoms with E-state index in [1.54, 1.807) is 26.1 Å². The van der Waals surface area contributed by atoms with Gasteiger partial charge in [-0.1, -0.05) is 0 Å². The molecule has 98 valence electrons. The van der Waals surface area contributed by atoms with Crippen molar-refractivity contribution in [3.63, 3.8) is 0 Å². The molecular formula is C13H13FN4O. The second kappa shape index (κ2) is 3.81. The van der Waals surface area contributed by atoms with Gasteiger partial charge in [0.25, 0.3) is 0 Å². The van der Waals surface area contributed by atoms with Crippen LogP contribution in [0, 0.1) is 5.82 Å². The van der Waals surface area contributed by atoms with Crippen molar-refractivity contribution in [2.45, 2.75) is 12.8 Å². The standard InChI is InChI=1S/C13H13FN4O/c1-6-8-3-7(10-5-11(15)18(2)17-10)4-9(14)12(8)16-13(6)19/h3-6H,15H2,1-2H3,(H,16,19). The van der Waals surface area contributed by atoms with Gasteiger partial charge in [-0.05, 0) is 24.6 Å². The molecule has 3 rings (SSSR count). The highest BCUT2D eigenvalue weighted by molar-refractivity contribution is 6.03. The van der Waals surface area contributed by atoms with Crippen molar-refractivity contribution in [1.29, 1.82) is 0 Å². The molecule has 0 bridgehead atoms. The summed E-state index contributed by atoms with van der Waals surface area (Å²) >= 11 is 0. The highest BCUT2D eigenvalue weighted by Crippen LogP contribution is 2.37. The van der Waals surface area contributed by atoms with E-state index in [1.807, 2.05) is 0 Å². The minimum Gasteiger partial charge on any atom is -0.384 e. The molecule has 1 aromatic heterocycles. The summed E-state index contributed by atoms with van der Waals surface area (Å²) in [6.45, 7) is 1.75. The first kappa shape index (κ1) is 11.7. The minimum absolute atomic E-state index is 0.188. The predicted octanol–water partition coefficient (Wildman–Crippen LogP) is 1.86. The Morgan fingerprint density at radius 1 is 1.42 bits per heavy atom. The predicted molar refractivity (Wildman–Crippen MR) is 70.1 cm³/mol. The first-order valence-corrected chi connectivity index (χ1v) is 5.91. The van der Waals surface area contributed by atoms with Crippen LogP contribution in [0.2, 0.25) is 0 Å². The van der Waals surface area contributed by atoms with Crippen LogP contribution in [0.4, 0.5) is 15.9 Å². The number of hydrogen-bond acceptors (Lipinski definition) is 3. The van der Waals surface area contributed by atoms with Crippen LogP contribution in [-0.4, -0.2) is 15.7 Å². The molecule has 2 aromatic rings. The number of carbonyl (C=O) groups excluding carboxylic acids is 1. The molecule has 5 nitrogen and oxygen atoms in total. The van der Waals surface area contributed by atoms with E-state index in [1.165, 1.54) is 10.7 Å². The van der Waals surface area contributed by atoms with Crippen molar-refractivity contribution in [2.75, 3.05) is 11.1 Å². The number of fused-ring (bicyclic) bond motifs is 1. The maximum atomic E-state index is 14.0. The Morgan fingerprint density at radius 2 is 2.16 bits per heavy atom. The van der Waals surface area contributed by atoms with Crippen LogP contribution in [0.3, 0.4) is 0 Å². The Labute approximate surface area is 109 Å². The summed E-state index contributed by atoms with van der Waals surface area (Å²) in [4.78, 5) is 11.6. The zero-order valence-corrected chi connectivity index (χ0v) is 10.6. The van der Waals surface area contributed by atoms with Crippen molar-refractivity contribution in [3.8, 4) is 11.3 Å². The SMILES string of the molecule is CC1C(=O)Nc2c(F)cc(-c3cc(N)n(C)n3)cc21. The zero-order chi connectivity index (χ0) is 13.7. The van der Waals surface area contributed by atoms with Gasteiger partial charge in [-0.2, -0.15) is 5.10 Å². The summed E-state index contributed by atoms with van der Waals surface area (Å²) in [7, 11) is 1.72. The van der Waals surface area contributed by atoms with E-state index in [4.69, 9.17) is 5.73 Å². The summed E-state index contributed by atoms with van der Waals surface area (Å²) in [5.41, 5.74) is 7.85. The van der Waals surface area contributed by atoms with Crippen molar-refractivity contribution >= 4 is 17.4 Å². The van der Waals surface area contributed by atoms with Crippen LogP contribution in [0.1, 0.15) is 18.4 Å². The van der Waals surface area contributed by atoms with Gasteiger partial charge in [0.1, 0.15) is 11.6 Å². The number of nitrogen functional groups attached to an aromatic ring is 1. The van der Waals surface area contributed by atoms with E-state index >= 15 is 0 Å². The molecule has 1 unspecified atom stereocenters. The maximum Gasteiger partial charge on any atom is 0.231 e. The van der Waals surface area contributed by atoms with Gasteiger partial charge in [0, 0.05) is 18.7 Å². The molecule has 0 fully saturated rings. The number of amides is 1. The minimum atomic E-state index is -0.450. The Kier molecular flexibility index (Phi) is 2.35. The van der Waals surface area contributed by atoms with E-state index in [9.17, 15) is 9.18 Å². The van der Waals surface area contributed by atoms with Crippen LogP contribution < -0.4 is 11.1 Å².